The Morgan fingerprint density at radius 3 is 2.41 bits per heavy atom. The molecule has 0 spiro atoms. The molecule has 9 nitrogen and oxygen atoms in total. The molecule has 0 radical (unpaired) electrons. The van der Waals surface area contributed by atoms with Crippen LogP contribution in [0.5, 0.6) is 0 Å². The smallest absolute Gasteiger partial charge is 0.407 e. The van der Waals surface area contributed by atoms with E-state index in [1.165, 1.54) is 0 Å². The highest BCUT2D eigenvalue weighted by Gasteiger charge is 2.30. The third-order valence-electron chi connectivity index (χ3n) is 7.93. The number of imide groups is 1. The van der Waals surface area contributed by atoms with Gasteiger partial charge in [0.15, 0.2) is 0 Å². The van der Waals surface area contributed by atoms with Crippen LogP contribution in [-0.2, 0) is 14.3 Å². The van der Waals surface area contributed by atoms with Gasteiger partial charge in [0, 0.05) is 38.1 Å². The van der Waals surface area contributed by atoms with Gasteiger partial charge in [-0.1, -0.05) is 0 Å². The van der Waals surface area contributed by atoms with Crippen molar-refractivity contribution < 1.29 is 19.1 Å². The Bertz CT molecular complexity index is 944. The normalized spacial score (nSPS) is 25.6. The largest absolute Gasteiger partial charge is 0.444 e. The van der Waals surface area contributed by atoms with E-state index in [4.69, 9.17) is 4.74 Å². The van der Waals surface area contributed by atoms with Gasteiger partial charge in [0.25, 0.3) is 0 Å². The predicted octanol–water partition coefficient (Wildman–Crippen LogP) is 3.59. The number of piperidine rings is 2. The molecule has 2 N–H and O–H groups in total. The molecule has 1 aromatic rings. The number of amides is 3. The summed E-state index contributed by atoms with van der Waals surface area (Å²) in [7, 11) is 2.25. The maximum Gasteiger partial charge on any atom is 0.407 e. The molecular weight excluding hydrogens is 470 g/mol. The Hall–Kier alpha value is -2.68. The zero-order chi connectivity index (χ0) is 26.6. The minimum absolute atomic E-state index is 0.200. The van der Waals surface area contributed by atoms with Crippen molar-refractivity contribution in [3.05, 3.63) is 24.0 Å². The lowest BCUT2D eigenvalue weighted by molar-refractivity contribution is -0.134. The van der Waals surface area contributed by atoms with Gasteiger partial charge in [0.2, 0.25) is 11.8 Å². The van der Waals surface area contributed by atoms with E-state index in [2.05, 4.69) is 38.5 Å². The molecule has 37 heavy (non-hydrogen) atoms. The number of hydrogen-bond acceptors (Lipinski definition) is 7. The van der Waals surface area contributed by atoms with Crippen molar-refractivity contribution in [3.63, 3.8) is 0 Å². The highest BCUT2D eigenvalue weighted by atomic mass is 16.6. The molecule has 0 bridgehead atoms. The molecule has 0 aromatic carbocycles. The minimum Gasteiger partial charge on any atom is -0.444 e. The van der Waals surface area contributed by atoms with Crippen LogP contribution in [0.4, 0.5) is 10.5 Å². The van der Waals surface area contributed by atoms with E-state index in [-0.39, 0.29) is 29.9 Å². The average Bonchev–Trinajstić information content (AvgIpc) is 2.84. The average molecular weight is 514 g/mol. The number of carbonyl (C=O) groups is 3. The summed E-state index contributed by atoms with van der Waals surface area (Å²) in [5, 5.41) is 5.45. The first-order valence-corrected chi connectivity index (χ1v) is 13.8. The number of ether oxygens (including phenoxy) is 1. The maximum absolute atomic E-state index is 12.1. The highest BCUT2D eigenvalue weighted by Crippen LogP contribution is 2.29. The fraction of sp³-hybridized carbons (Fsp3) is 0.714. The molecule has 3 aliphatic rings. The standard InChI is InChI=1S/C28H43N5O4/c1-28(2,3)37-27(36)30-20-5-7-21(8-6-20)32(4)18-19-13-15-33(16-14-19)22-9-11-24(29-17-22)23-10-12-25(34)31-26(23)35/h9,11,17,19-21,23H,5-8,10,12-16,18H2,1-4H3,(H,30,36)(H,31,34,35). The van der Waals surface area contributed by atoms with Gasteiger partial charge in [-0.05, 0) is 90.8 Å². The molecule has 204 valence electrons. The number of aromatic nitrogens is 1. The number of anilines is 1. The molecule has 1 aliphatic carbocycles. The van der Waals surface area contributed by atoms with Crippen LogP contribution >= 0.6 is 0 Å². The fourth-order valence-corrected chi connectivity index (χ4v) is 5.83. The van der Waals surface area contributed by atoms with Gasteiger partial charge in [-0.15, -0.1) is 0 Å². The fourth-order valence-electron chi connectivity index (χ4n) is 5.83. The summed E-state index contributed by atoms with van der Waals surface area (Å²) in [6.45, 7) is 8.78. The number of alkyl carbamates (subject to hydrolysis) is 1. The summed E-state index contributed by atoms with van der Waals surface area (Å²) in [5.74, 6) is -0.103. The first-order valence-electron chi connectivity index (χ1n) is 13.8. The highest BCUT2D eigenvalue weighted by molar-refractivity contribution is 6.00. The predicted molar refractivity (Wildman–Crippen MR) is 142 cm³/mol. The molecule has 1 unspecified atom stereocenters. The lowest BCUT2D eigenvalue weighted by atomic mass is 9.89. The summed E-state index contributed by atoms with van der Waals surface area (Å²) in [4.78, 5) is 45.1. The van der Waals surface area contributed by atoms with Gasteiger partial charge in [0.05, 0.1) is 23.5 Å². The molecule has 3 heterocycles. The molecule has 3 amide bonds. The zero-order valence-electron chi connectivity index (χ0n) is 22.8. The lowest BCUT2D eigenvalue weighted by Crippen LogP contribution is -2.46. The minimum atomic E-state index is -0.465. The monoisotopic (exact) mass is 513 g/mol. The topological polar surface area (TPSA) is 104 Å². The van der Waals surface area contributed by atoms with Crippen LogP contribution in [0.15, 0.2) is 18.3 Å². The summed E-state index contributed by atoms with van der Waals surface area (Å²) in [5.41, 5.74) is 1.37. The molecule has 1 aromatic heterocycles. The van der Waals surface area contributed by atoms with Crippen LogP contribution in [0.2, 0.25) is 0 Å². The van der Waals surface area contributed by atoms with Gasteiger partial charge in [-0.25, -0.2) is 4.79 Å². The Balaban J connectivity index is 1.18. The van der Waals surface area contributed by atoms with E-state index in [9.17, 15) is 14.4 Å². The summed E-state index contributed by atoms with van der Waals surface area (Å²) < 4.78 is 5.40. The number of nitrogens with zero attached hydrogens (tertiary/aromatic N) is 3. The van der Waals surface area contributed by atoms with Crippen molar-refractivity contribution in [2.45, 2.75) is 95.7 Å². The molecule has 2 saturated heterocycles. The molecule has 1 atom stereocenters. The van der Waals surface area contributed by atoms with E-state index in [0.29, 0.717) is 24.8 Å². The molecule has 4 rings (SSSR count). The van der Waals surface area contributed by atoms with Crippen molar-refractivity contribution in [3.8, 4) is 0 Å². The second-order valence-electron chi connectivity index (χ2n) is 12.0. The van der Waals surface area contributed by atoms with E-state index in [0.717, 1.165) is 69.5 Å². The molecule has 2 aliphatic heterocycles. The summed E-state index contributed by atoms with van der Waals surface area (Å²) >= 11 is 0. The Kier molecular flexibility index (Phi) is 8.72. The Labute approximate surface area is 220 Å². The number of carbonyl (C=O) groups excluding carboxylic acids is 3. The molecular formula is C28H43N5O4. The first kappa shape index (κ1) is 27.4. The van der Waals surface area contributed by atoms with Gasteiger partial charge in [-0.3, -0.25) is 19.9 Å². The van der Waals surface area contributed by atoms with Crippen LogP contribution in [0, 0.1) is 5.92 Å². The van der Waals surface area contributed by atoms with Crippen LogP contribution in [0.25, 0.3) is 0 Å². The second-order valence-corrected chi connectivity index (χ2v) is 12.0. The summed E-state index contributed by atoms with van der Waals surface area (Å²) in [6.07, 6.45) is 8.94. The second kappa shape index (κ2) is 11.8. The van der Waals surface area contributed by atoms with Crippen LogP contribution in [-0.4, -0.2) is 72.2 Å². The van der Waals surface area contributed by atoms with Crippen molar-refractivity contribution in [2.75, 3.05) is 31.6 Å². The van der Waals surface area contributed by atoms with Crippen LogP contribution in [0.1, 0.15) is 83.7 Å². The van der Waals surface area contributed by atoms with Crippen molar-refractivity contribution in [1.82, 2.24) is 20.5 Å². The maximum atomic E-state index is 12.1. The lowest BCUT2D eigenvalue weighted by Gasteiger charge is -2.39. The number of hydrogen-bond donors (Lipinski definition) is 2. The van der Waals surface area contributed by atoms with Gasteiger partial charge >= 0.3 is 6.09 Å². The number of pyridine rings is 1. The van der Waals surface area contributed by atoms with Crippen LogP contribution in [0.3, 0.4) is 0 Å². The summed E-state index contributed by atoms with van der Waals surface area (Å²) in [6, 6.07) is 4.77. The van der Waals surface area contributed by atoms with Crippen molar-refractivity contribution in [2.24, 2.45) is 5.92 Å². The number of nitrogens with one attached hydrogen (secondary N) is 2. The van der Waals surface area contributed by atoms with Gasteiger partial charge < -0.3 is 19.9 Å². The van der Waals surface area contributed by atoms with Gasteiger partial charge in [0.1, 0.15) is 5.60 Å². The van der Waals surface area contributed by atoms with E-state index in [1.807, 2.05) is 33.0 Å². The Morgan fingerprint density at radius 2 is 1.81 bits per heavy atom. The molecule has 1 saturated carbocycles. The van der Waals surface area contributed by atoms with Crippen molar-refractivity contribution in [1.29, 1.82) is 0 Å². The number of rotatable bonds is 6. The van der Waals surface area contributed by atoms with E-state index >= 15 is 0 Å². The quantitative estimate of drug-likeness (QED) is 0.560. The van der Waals surface area contributed by atoms with Crippen LogP contribution < -0.4 is 15.5 Å². The zero-order valence-corrected chi connectivity index (χ0v) is 22.8. The third-order valence-corrected chi connectivity index (χ3v) is 7.93. The van der Waals surface area contributed by atoms with E-state index in [1.54, 1.807) is 0 Å². The van der Waals surface area contributed by atoms with E-state index < -0.39 is 5.60 Å². The molecule has 3 fully saturated rings. The molecule has 9 heteroatoms. The van der Waals surface area contributed by atoms with Crippen molar-refractivity contribution >= 4 is 23.6 Å². The Morgan fingerprint density at radius 1 is 1.11 bits per heavy atom. The first-order chi connectivity index (χ1) is 17.6. The SMILES string of the molecule is CN(CC1CCN(c2ccc(C3CCC(=O)NC3=O)nc2)CC1)C1CCC(NC(=O)OC(C)(C)C)CC1. The third kappa shape index (κ3) is 7.66. The van der Waals surface area contributed by atoms with Gasteiger partial charge in [-0.2, -0.15) is 0 Å².